The van der Waals surface area contributed by atoms with Crippen LogP contribution in [-0.4, -0.2) is 22.6 Å². The van der Waals surface area contributed by atoms with E-state index in [0.717, 1.165) is 11.4 Å². The van der Waals surface area contributed by atoms with Gasteiger partial charge < -0.3 is 18.9 Å². The predicted octanol–water partition coefficient (Wildman–Crippen LogP) is 21.5. The second-order valence-corrected chi connectivity index (χ2v) is 36.7. The second kappa shape index (κ2) is 21.2. The summed E-state index contributed by atoms with van der Waals surface area (Å²) in [5.74, 6) is 0. The van der Waals surface area contributed by atoms with Gasteiger partial charge in [-0.1, -0.05) is 227 Å². The van der Waals surface area contributed by atoms with Gasteiger partial charge in [-0.15, -0.1) is 0 Å². The molecule has 4 nitrogen and oxygen atoms in total. The Morgan fingerprint density at radius 3 is 0.940 bits per heavy atom. The van der Waals surface area contributed by atoms with Crippen LogP contribution in [0, 0.1) is 27.7 Å². The van der Waals surface area contributed by atoms with Crippen molar-refractivity contribution in [3.63, 3.8) is 0 Å². The van der Waals surface area contributed by atoms with Crippen molar-refractivity contribution in [1.82, 2.24) is 9.13 Å². The number of anilines is 6. The van der Waals surface area contributed by atoms with Gasteiger partial charge in [0.2, 0.25) is 0 Å². The number of benzene rings is 11. The highest BCUT2D eigenvalue weighted by Crippen LogP contribution is 2.51. The maximum Gasteiger partial charge on any atom is 0.252 e. The number of aromatic nitrogens is 2. The summed E-state index contributed by atoms with van der Waals surface area (Å²) < 4.78 is 5.40. The van der Waals surface area contributed by atoms with Crippen molar-refractivity contribution >= 4 is 124 Å². The fourth-order valence-electron chi connectivity index (χ4n) is 17.5. The standard InChI is InChI=1S/C94H96B2N4/c1-53-23-25-55(3)67(39-53)57-41-81-85-83(43-57)99-77-37-31-61(91(11,12)13)45-69(77)71-47-63(93(17,18)19)49-75(87(71)99)95(85)73-51-74-80(52-79(73)97(81)65-33-27-59(28-34-65)89(5,6)7)98(66-35-29-60(30-36-66)90(8,9)10)82-42-58(68-40-54(2)24-26-56(68)4)44-84-86(82)96(74)76-50-64(94(20,21)22)48-72-70-46-62(92(14,15)16)32-38-78(70)100(84)88(72)76/h23-52H,1-22H3. The van der Waals surface area contributed by atoms with Crippen LogP contribution in [0.25, 0.3) is 77.2 Å². The van der Waals surface area contributed by atoms with Gasteiger partial charge in [-0.2, -0.15) is 0 Å². The molecule has 0 atom stereocenters. The van der Waals surface area contributed by atoms with Gasteiger partial charge in [0, 0.05) is 78.1 Å². The zero-order valence-corrected chi connectivity index (χ0v) is 63.3. The first-order chi connectivity index (χ1) is 47.0. The van der Waals surface area contributed by atoms with Gasteiger partial charge in [0.25, 0.3) is 13.4 Å². The van der Waals surface area contributed by atoms with E-state index in [0.29, 0.717) is 0 Å². The topological polar surface area (TPSA) is 16.3 Å². The van der Waals surface area contributed by atoms with Crippen LogP contribution in [0.5, 0.6) is 0 Å². The molecule has 4 aliphatic rings. The van der Waals surface area contributed by atoms with Crippen LogP contribution in [0.2, 0.25) is 0 Å². The molecule has 0 bridgehead atoms. The van der Waals surface area contributed by atoms with Gasteiger partial charge >= 0.3 is 0 Å². The smallest absolute Gasteiger partial charge is 0.252 e. The molecular weight excluding hydrogens is 1210 g/mol. The SMILES string of the molecule is Cc1ccc(C)c(-c2cc3c4c(c2)-n2c5ccc(C(C)(C)C)cc5c5cc(C(C)(C)C)cc(c52)B4c2cc4c(cc2N3c2ccc(C(C)(C)C)cc2)N(c2ccc(C(C)(C)C)cc2)c2cc(-c3cc(C)ccc3C)cc3c2B4c2cc(C(C)(C)C)cc4c5cc(C(C)(C)C)ccc5n-3c24)c1. The summed E-state index contributed by atoms with van der Waals surface area (Å²) in [4.78, 5) is 5.40. The summed E-state index contributed by atoms with van der Waals surface area (Å²) in [7, 11) is 0. The normalized spacial score (nSPS) is 14.2. The van der Waals surface area contributed by atoms with Crippen LogP contribution in [-0.2, 0) is 32.5 Å². The van der Waals surface area contributed by atoms with Crippen LogP contribution in [0.3, 0.4) is 0 Å². The lowest BCUT2D eigenvalue weighted by molar-refractivity contribution is 0.590. The molecule has 4 aliphatic heterocycles. The quantitative estimate of drug-likeness (QED) is 0.163. The molecule has 6 heterocycles. The van der Waals surface area contributed by atoms with E-state index in [4.69, 9.17) is 0 Å². The molecule has 0 fully saturated rings. The van der Waals surface area contributed by atoms with Crippen molar-refractivity contribution in [1.29, 1.82) is 0 Å². The van der Waals surface area contributed by atoms with E-state index < -0.39 is 0 Å². The Kier molecular flexibility index (Phi) is 13.6. The Labute approximate surface area is 595 Å². The van der Waals surface area contributed by atoms with E-state index >= 15 is 0 Å². The van der Waals surface area contributed by atoms with Crippen LogP contribution >= 0.6 is 0 Å². The predicted molar refractivity (Wildman–Crippen MR) is 436 cm³/mol. The molecule has 0 N–H and O–H groups in total. The first kappa shape index (κ1) is 64.1. The average molecular weight is 1300 g/mol. The Morgan fingerprint density at radius 1 is 0.260 bits per heavy atom. The van der Waals surface area contributed by atoms with E-state index in [1.807, 2.05) is 0 Å². The highest BCUT2D eigenvalue weighted by Gasteiger charge is 2.49. The Balaban J connectivity index is 1.08. The molecule has 13 aromatic rings. The Morgan fingerprint density at radius 2 is 0.590 bits per heavy atom. The molecule has 0 radical (unpaired) electrons. The molecular formula is C94H96B2N4. The molecule has 17 rings (SSSR count). The van der Waals surface area contributed by atoms with Crippen LogP contribution in [0.15, 0.2) is 182 Å². The van der Waals surface area contributed by atoms with Crippen molar-refractivity contribution in [2.24, 2.45) is 0 Å². The fraction of sp³-hybridized carbons (Fsp3) is 0.298. The van der Waals surface area contributed by atoms with Gasteiger partial charge in [-0.25, -0.2) is 0 Å². The molecule has 100 heavy (non-hydrogen) atoms. The zero-order chi connectivity index (χ0) is 70.5. The van der Waals surface area contributed by atoms with E-state index in [1.165, 1.54) is 188 Å². The lowest BCUT2D eigenvalue weighted by Gasteiger charge is -2.45. The lowest BCUT2D eigenvalue weighted by Crippen LogP contribution is -2.64. The van der Waals surface area contributed by atoms with E-state index in [-0.39, 0.29) is 45.9 Å². The molecule has 498 valence electrons. The number of hydrogen-bond donors (Lipinski definition) is 0. The number of fused-ring (bicyclic) bond motifs is 14. The number of rotatable bonds is 4. The molecule has 0 aliphatic carbocycles. The lowest BCUT2D eigenvalue weighted by atomic mass is 9.30. The molecule has 0 saturated heterocycles. The van der Waals surface area contributed by atoms with Gasteiger partial charge in [-0.3, -0.25) is 0 Å². The van der Waals surface area contributed by atoms with Crippen molar-refractivity contribution in [2.75, 3.05) is 9.80 Å². The molecule has 2 aromatic heterocycles. The summed E-state index contributed by atoms with van der Waals surface area (Å²) in [6.45, 7) is 51.5. The van der Waals surface area contributed by atoms with Crippen molar-refractivity contribution in [2.45, 2.75) is 185 Å². The summed E-state index contributed by atoms with van der Waals surface area (Å²) >= 11 is 0. The third-order valence-corrected chi connectivity index (χ3v) is 23.4. The van der Waals surface area contributed by atoms with Gasteiger partial charge in [0.1, 0.15) is 0 Å². The first-order valence-corrected chi connectivity index (χ1v) is 36.8. The number of aryl methyl sites for hydroxylation is 4. The summed E-state index contributed by atoms with van der Waals surface area (Å²) in [5.41, 5.74) is 40.4. The van der Waals surface area contributed by atoms with Gasteiger partial charge in [-0.05, 0) is 251 Å². The summed E-state index contributed by atoms with van der Waals surface area (Å²) in [5, 5.41) is 5.28. The molecule has 0 saturated carbocycles. The summed E-state index contributed by atoms with van der Waals surface area (Å²) in [6, 6.07) is 74.3. The van der Waals surface area contributed by atoms with Crippen LogP contribution in [0.1, 0.15) is 180 Å². The Hall–Kier alpha value is -9.25. The minimum Gasteiger partial charge on any atom is -0.311 e. The van der Waals surface area contributed by atoms with E-state index in [2.05, 4.69) is 353 Å². The van der Waals surface area contributed by atoms with Gasteiger partial charge in [0.15, 0.2) is 0 Å². The summed E-state index contributed by atoms with van der Waals surface area (Å²) in [6.07, 6.45) is 0. The minimum absolute atomic E-state index is 0.0477. The highest BCUT2D eigenvalue weighted by molar-refractivity contribution is 7.03. The number of nitrogens with zero attached hydrogens (tertiary/aromatic N) is 4. The third-order valence-electron chi connectivity index (χ3n) is 23.4. The maximum absolute atomic E-state index is 2.76. The molecule has 11 aromatic carbocycles. The van der Waals surface area contributed by atoms with E-state index in [9.17, 15) is 0 Å². The minimum atomic E-state index is -0.152. The van der Waals surface area contributed by atoms with Crippen molar-refractivity contribution in [3.8, 4) is 33.6 Å². The zero-order valence-electron chi connectivity index (χ0n) is 63.3. The fourth-order valence-corrected chi connectivity index (χ4v) is 17.5. The Bertz CT molecular complexity index is 5360. The number of hydrogen-bond acceptors (Lipinski definition) is 2. The first-order valence-electron chi connectivity index (χ1n) is 36.8. The average Bonchev–Trinajstić information content (AvgIpc) is 1.23. The van der Waals surface area contributed by atoms with E-state index in [1.54, 1.807) is 0 Å². The molecule has 6 heteroatoms. The molecule has 0 unspecified atom stereocenters. The maximum atomic E-state index is 2.76. The second-order valence-electron chi connectivity index (χ2n) is 36.7. The third kappa shape index (κ3) is 9.60. The van der Waals surface area contributed by atoms with Gasteiger partial charge in [0.05, 0.1) is 11.0 Å². The van der Waals surface area contributed by atoms with Crippen LogP contribution < -0.4 is 42.6 Å². The highest BCUT2D eigenvalue weighted by atomic mass is 15.2. The monoisotopic (exact) mass is 1300 g/mol. The largest absolute Gasteiger partial charge is 0.311 e. The van der Waals surface area contributed by atoms with Crippen LogP contribution in [0.4, 0.5) is 34.1 Å². The van der Waals surface area contributed by atoms with Crippen molar-refractivity contribution in [3.05, 3.63) is 238 Å². The molecule has 0 spiro atoms. The van der Waals surface area contributed by atoms with Crippen molar-refractivity contribution < 1.29 is 0 Å². The molecule has 0 amide bonds.